The van der Waals surface area contributed by atoms with E-state index in [-0.39, 0.29) is 12.6 Å². The lowest BCUT2D eigenvalue weighted by atomic mass is 10.2. The van der Waals surface area contributed by atoms with Crippen LogP contribution >= 0.6 is 0 Å². The Morgan fingerprint density at radius 2 is 2.05 bits per heavy atom. The molecule has 6 heteroatoms. The van der Waals surface area contributed by atoms with Crippen molar-refractivity contribution >= 4 is 11.6 Å². The summed E-state index contributed by atoms with van der Waals surface area (Å²) in [5.74, 6) is 1.14. The van der Waals surface area contributed by atoms with Crippen LogP contribution < -0.4 is 10.6 Å². The molecule has 0 bridgehead atoms. The van der Waals surface area contributed by atoms with E-state index in [1.807, 2.05) is 9.58 Å². The number of aliphatic hydroxyl groups excluding tert-OH is 1. The average molecular weight is 275 g/mol. The first-order valence-corrected chi connectivity index (χ1v) is 7.41. The molecule has 108 valence electrons. The maximum absolute atomic E-state index is 9.46. The van der Waals surface area contributed by atoms with Crippen LogP contribution in [0.4, 0.5) is 11.6 Å². The van der Waals surface area contributed by atoms with Crippen molar-refractivity contribution in [1.29, 1.82) is 5.26 Å². The van der Waals surface area contributed by atoms with Crippen LogP contribution in [0.1, 0.15) is 50.1 Å². The molecule has 3 rings (SSSR count). The van der Waals surface area contributed by atoms with E-state index in [4.69, 9.17) is 5.73 Å². The van der Waals surface area contributed by atoms with Crippen LogP contribution in [0.15, 0.2) is 0 Å². The van der Waals surface area contributed by atoms with Gasteiger partial charge in [-0.05, 0) is 25.7 Å². The number of hydrogen-bond donors (Lipinski definition) is 2. The van der Waals surface area contributed by atoms with Gasteiger partial charge in [0.1, 0.15) is 17.5 Å². The molecule has 0 amide bonds. The van der Waals surface area contributed by atoms with E-state index in [2.05, 4.69) is 11.2 Å². The number of aliphatic hydroxyl groups is 1. The van der Waals surface area contributed by atoms with Crippen molar-refractivity contribution < 1.29 is 5.11 Å². The fourth-order valence-corrected chi connectivity index (χ4v) is 3.47. The lowest BCUT2D eigenvalue weighted by Gasteiger charge is -2.22. The summed E-state index contributed by atoms with van der Waals surface area (Å²) in [4.78, 5) is 2.04. The number of nitriles is 1. The Labute approximate surface area is 118 Å². The van der Waals surface area contributed by atoms with Crippen molar-refractivity contribution in [1.82, 2.24) is 9.78 Å². The Kier molecular flexibility index (Phi) is 3.53. The van der Waals surface area contributed by atoms with Gasteiger partial charge in [0, 0.05) is 6.54 Å². The highest BCUT2D eigenvalue weighted by Gasteiger charge is 2.31. The van der Waals surface area contributed by atoms with Gasteiger partial charge in [-0.2, -0.15) is 10.4 Å². The molecule has 20 heavy (non-hydrogen) atoms. The zero-order chi connectivity index (χ0) is 14.1. The Bertz CT molecular complexity index is 526. The fraction of sp³-hybridized carbons (Fsp3) is 0.714. The lowest BCUT2D eigenvalue weighted by molar-refractivity contribution is 0.266. The molecule has 1 unspecified atom stereocenters. The highest BCUT2D eigenvalue weighted by molar-refractivity contribution is 5.65. The van der Waals surface area contributed by atoms with Crippen LogP contribution in [-0.2, 0) is 0 Å². The Hall–Kier alpha value is -1.74. The minimum atomic E-state index is 0.0634. The first-order chi connectivity index (χ1) is 9.76. The van der Waals surface area contributed by atoms with Crippen LogP contribution in [0, 0.1) is 11.3 Å². The number of nitrogens with zero attached hydrogens (tertiary/aromatic N) is 4. The zero-order valence-corrected chi connectivity index (χ0v) is 11.6. The summed E-state index contributed by atoms with van der Waals surface area (Å²) in [6, 6.07) is 2.59. The van der Waals surface area contributed by atoms with Crippen LogP contribution in [0.25, 0.3) is 0 Å². The zero-order valence-electron chi connectivity index (χ0n) is 11.6. The predicted octanol–water partition coefficient (Wildman–Crippen LogP) is 1.41. The molecule has 1 aromatic rings. The Morgan fingerprint density at radius 3 is 2.70 bits per heavy atom. The van der Waals surface area contributed by atoms with Crippen molar-refractivity contribution in [2.75, 3.05) is 23.8 Å². The lowest BCUT2D eigenvalue weighted by Crippen LogP contribution is -2.33. The smallest absolute Gasteiger partial charge is 0.171 e. The minimum absolute atomic E-state index is 0.0634. The summed E-state index contributed by atoms with van der Waals surface area (Å²) < 4.78 is 1.84. The normalized spacial score (nSPS) is 23.4. The second-order valence-corrected chi connectivity index (χ2v) is 5.75. The first-order valence-electron chi connectivity index (χ1n) is 7.41. The first kappa shape index (κ1) is 13.3. The van der Waals surface area contributed by atoms with E-state index in [1.165, 1.54) is 12.8 Å². The largest absolute Gasteiger partial charge is 0.394 e. The molecule has 1 saturated heterocycles. The van der Waals surface area contributed by atoms with E-state index in [1.54, 1.807) is 0 Å². The van der Waals surface area contributed by atoms with E-state index in [0.29, 0.717) is 23.2 Å². The third-order valence-electron chi connectivity index (χ3n) is 4.57. The van der Waals surface area contributed by atoms with Crippen molar-refractivity contribution in [2.24, 2.45) is 0 Å². The maximum atomic E-state index is 9.46. The fourth-order valence-electron chi connectivity index (χ4n) is 3.47. The van der Waals surface area contributed by atoms with Crippen molar-refractivity contribution in [2.45, 2.75) is 50.6 Å². The quantitative estimate of drug-likeness (QED) is 0.870. The van der Waals surface area contributed by atoms with Gasteiger partial charge < -0.3 is 15.7 Å². The minimum Gasteiger partial charge on any atom is -0.394 e. The Balaban J connectivity index is 1.98. The summed E-state index contributed by atoms with van der Waals surface area (Å²) in [5, 5.41) is 23.5. The van der Waals surface area contributed by atoms with E-state index >= 15 is 0 Å². The van der Waals surface area contributed by atoms with Gasteiger partial charge in [0.15, 0.2) is 5.82 Å². The monoisotopic (exact) mass is 275 g/mol. The molecule has 0 aromatic carbocycles. The number of aromatic nitrogens is 2. The SMILES string of the molecule is N#Cc1c(N2CCCC2CO)nn(C2CCCC2)c1N. The van der Waals surface area contributed by atoms with Gasteiger partial charge in [0.05, 0.1) is 18.7 Å². The second-order valence-electron chi connectivity index (χ2n) is 5.75. The number of nitrogen functional groups attached to an aromatic ring is 1. The van der Waals surface area contributed by atoms with Gasteiger partial charge >= 0.3 is 0 Å². The highest BCUT2D eigenvalue weighted by Crippen LogP contribution is 2.36. The summed E-state index contributed by atoms with van der Waals surface area (Å²) in [5.41, 5.74) is 6.61. The molecule has 2 fully saturated rings. The van der Waals surface area contributed by atoms with Gasteiger partial charge in [0.25, 0.3) is 0 Å². The van der Waals surface area contributed by atoms with Crippen molar-refractivity contribution in [3.63, 3.8) is 0 Å². The molecule has 0 radical (unpaired) electrons. The highest BCUT2D eigenvalue weighted by atomic mass is 16.3. The van der Waals surface area contributed by atoms with Gasteiger partial charge in [0.2, 0.25) is 0 Å². The third-order valence-corrected chi connectivity index (χ3v) is 4.57. The van der Waals surface area contributed by atoms with Crippen LogP contribution in [0.3, 0.4) is 0 Å². The Morgan fingerprint density at radius 1 is 1.30 bits per heavy atom. The van der Waals surface area contributed by atoms with Gasteiger partial charge in [-0.25, -0.2) is 4.68 Å². The van der Waals surface area contributed by atoms with Gasteiger partial charge in [-0.3, -0.25) is 0 Å². The summed E-state index contributed by atoms with van der Waals surface area (Å²) in [6.07, 6.45) is 6.53. The molecule has 0 spiro atoms. The number of nitrogens with two attached hydrogens (primary N) is 1. The van der Waals surface area contributed by atoms with Crippen molar-refractivity contribution in [3.05, 3.63) is 5.56 Å². The maximum Gasteiger partial charge on any atom is 0.171 e. The number of hydrogen-bond acceptors (Lipinski definition) is 5. The average Bonchev–Trinajstić information content (AvgIpc) is 3.17. The topological polar surface area (TPSA) is 91.1 Å². The summed E-state index contributed by atoms with van der Waals surface area (Å²) in [6.45, 7) is 0.933. The second kappa shape index (κ2) is 5.33. The molecule has 2 heterocycles. The predicted molar refractivity (Wildman–Crippen MR) is 76.3 cm³/mol. The van der Waals surface area contributed by atoms with E-state index in [9.17, 15) is 10.4 Å². The van der Waals surface area contributed by atoms with Crippen molar-refractivity contribution in [3.8, 4) is 6.07 Å². The molecule has 1 atom stereocenters. The number of rotatable bonds is 3. The molecule has 6 nitrogen and oxygen atoms in total. The van der Waals surface area contributed by atoms with Crippen LogP contribution in [-0.4, -0.2) is 34.1 Å². The molecule has 1 aliphatic heterocycles. The van der Waals surface area contributed by atoms with Gasteiger partial charge in [-0.1, -0.05) is 12.8 Å². The third kappa shape index (κ3) is 2.02. The summed E-state index contributed by atoms with van der Waals surface area (Å²) in [7, 11) is 0. The van der Waals surface area contributed by atoms with Gasteiger partial charge in [-0.15, -0.1) is 0 Å². The standard InChI is InChI=1S/C14H21N5O/c15-8-12-13(16)19(10-4-1-2-5-10)17-14(12)18-7-3-6-11(18)9-20/h10-11,20H,1-7,9,16H2. The molecule has 1 aliphatic carbocycles. The molecule has 3 N–H and O–H groups in total. The van der Waals surface area contributed by atoms with E-state index in [0.717, 1.165) is 32.2 Å². The number of anilines is 2. The summed E-state index contributed by atoms with van der Waals surface area (Å²) >= 11 is 0. The molecule has 1 aromatic heterocycles. The molecule has 1 saturated carbocycles. The van der Waals surface area contributed by atoms with Crippen LogP contribution in [0.5, 0.6) is 0 Å². The van der Waals surface area contributed by atoms with E-state index < -0.39 is 0 Å². The molecule has 2 aliphatic rings. The molecular formula is C14H21N5O. The molecular weight excluding hydrogens is 254 g/mol. The van der Waals surface area contributed by atoms with Crippen LogP contribution in [0.2, 0.25) is 0 Å².